The Morgan fingerprint density at radius 2 is 1.83 bits per heavy atom. The zero-order valence-electron chi connectivity index (χ0n) is 10.6. The zero-order chi connectivity index (χ0) is 13.0. The Morgan fingerprint density at radius 1 is 1.11 bits per heavy atom. The molecule has 0 aliphatic carbocycles. The summed E-state index contributed by atoms with van der Waals surface area (Å²) < 4.78 is 0. The van der Waals surface area contributed by atoms with E-state index < -0.39 is 0 Å². The SMILES string of the molecule is CN(C)c1ccc(NCc2ccc(O)cn2)cc1. The van der Waals surface area contributed by atoms with E-state index in [1.165, 1.54) is 11.9 Å². The van der Waals surface area contributed by atoms with Crippen LogP contribution in [-0.4, -0.2) is 24.2 Å². The van der Waals surface area contributed by atoms with Crippen molar-refractivity contribution in [2.45, 2.75) is 6.54 Å². The molecule has 1 heterocycles. The maximum atomic E-state index is 9.14. The molecule has 2 N–H and O–H groups in total. The van der Waals surface area contributed by atoms with Gasteiger partial charge in [0.25, 0.3) is 0 Å². The first-order valence-electron chi connectivity index (χ1n) is 5.80. The fourth-order valence-electron chi connectivity index (χ4n) is 1.59. The third-order valence-electron chi connectivity index (χ3n) is 2.67. The predicted octanol–water partition coefficient (Wildman–Crippen LogP) is 2.47. The third kappa shape index (κ3) is 3.13. The van der Waals surface area contributed by atoms with Gasteiger partial charge in [0.2, 0.25) is 0 Å². The lowest BCUT2D eigenvalue weighted by Crippen LogP contribution is -2.08. The lowest BCUT2D eigenvalue weighted by Gasteiger charge is -2.13. The number of hydrogen-bond acceptors (Lipinski definition) is 4. The van der Waals surface area contributed by atoms with Gasteiger partial charge >= 0.3 is 0 Å². The number of hydrogen-bond donors (Lipinski definition) is 2. The first-order valence-corrected chi connectivity index (χ1v) is 5.80. The Labute approximate surface area is 107 Å². The van der Waals surface area contributed by atoms with E-state index in [1.807, 2.05) is 26.2 Å². The van der Waals surface area contributed by atoms with Crippen LogP contribution >= 0.6 is 0 Å². The molecule has 0 aliphatic heterocycles. The number of benzene rings is 1. The first-order chi connectivity index (χ1) is 8.65. The molecule has 4 nitrogen and oxygen atoms in total. The molecule has 2 rings (SSSR count). The summed E-state index contributed by atoms with van der Waals surface area (Å²) >= 11 is 0. The van der Waals surface area contributed by atoms with Crippen LogP contribution in [0.3, 0.4) is 0 Å². The summed E-state index contributed by atoms with van der Waals surface area (Å²) in [6.07, 6.45) is 1.45. The average molecular weight is 243 g/mol. The van der Waals surface area contributed by atoms with Gasteiger partial charge in [-0.2, -0.15) is 0 Å². The summed E-state index contributed by atoms with van der Waals surface area (Å²) in [6, 6.07) is 11.6. The van der Waals surface area contributed by atoms with Crippen LogP contribution in [0.15, 0.2) is 42.6 Å². The highest BCUT2D eigenvalue weighted by Crippen LogP contribution is 2.16. The lowest BCUT2D eigenvalue weighted by molar-refractivity contribution is 0.472. The molecule has 0 radical (unpaired) electrons. The van der Waals surface area contributed by atoms with Gasteiger partial charge in [0.15, 0.2) is 0 Å². The van der Waals surface area contributed by atoms with Gasteiger partial charge in [-0.1, -0.05) is 0 Å². The second-order valence-electron chi connectivity index (χ2n) is 4.30. The van der Waals surface area contributed by atoms with Gasteiger partial charge in [0.05, 0.1) is 18.4 Å². The van der Waals surface area contributed by atoms with Gasteiger partial charge in [-0.15, -0.1) is 0 Å². The molecule has 4 heteroatoms. The van der Waals surface area contributed by atoms with Crippen molar-refractivity contribution in [2.24, 2.45) is 0 Å². The van der Waals surface area contributed by atoms with Crippen molar-refractivity contribution < 1.29 is 5.11 Å². The predicted molar refractivity (Wildman–Crippen MR) is 74.0 cm³/mol. The van der Waals surface area contributed by atoms with Gasteiger partial charge < -0.3 is 15.3 Å². The molecular weight excluding hydrogens is 226 g/mol. The summed E-state index contributed by atoms with van der Waals surface area (Å²) in [4.78, 5) is 6.18. The Morgan fingerprint density at radius 3 is 2.39 bits per heavy atom. The quantitative estimate of drug-likeness (QED) is 0.866. The minimum atomic E-state index is 0.189. The van der Waals surface area contributed by atoms with Crippen LogP contribution < -0.4 is 10.2 Å². The molecule has 2 aromatic rings. The Bertz CT molecular complexity index is 491. The standard InChI is InChI=1S/C14H17N3O/c1-17(2)13-6-3-11(4-7-13)15-9-12-5-8-14(18)10-16-12/h3-8,10,15,18H,9H2,1-2H3. The van der Waals surface area contributed by atoms with Crippen LogP contribution in [0.25, 0.3) is 0 Å². The van der Waals surface area contributed by atoms with Crippen molar-refractivity contribution in [3.05, 3.63) is 48.3 Å². The van der Waals surface area contributed by atoms with Gasteiger partial charge in [0, 0.05) is 25.5 Å². The Kier molecular flexibility index (Phi) is 3.67. The molecule has 0 amide bonds. The molecule has 94 valence electrons. The van der Waals surface area contributed by atoms with Crippen molar-refractivity contribution in [1.82, 2.24) is 4.98 Å². The molecule has 0 aliphatic rings. The molecule has 1 aromatic carbocycles. The normalized spacial score (nSPS) is 10.1. The van der Waals surface area contributed by atoms with Crippen molar-refractivity contribution in [2.75, 3.05) is 24.3 Å². The number of rotatable bonds is 4. The largest absolute Gasteiger partial charge is 0.506 e. The first kappa shape index (κ1) is 12.2. The number of anilines is 2. The van der Waals surface area contributed by atoms with E-state index in [-0.39, 0.29) is 5.75 Å². The van der Waals surface area contributed by atoms with Gasteiger partial charge in [0.1, 0.15) is 5.75 Å². The summed E-state index contributed by atoms with van der Waals surface area (Å²) in [7, 11) is 4.03. The molecule has 0 spiro atoms. The highest BCUT2D eigenvalue weighted by Gasteiger charge is 1.97. The van der Waals surface area contributed by atoms with Gasteiger partial charge in [-0.05, 0) is 36.4 Å². The third-order valence-corrected chi connectivity index (χ3v) is 2.67. The van der Waals surface area contributed by atoms with E-state index in [4.69, 9.17) is 5.11 Å². The smallest absolute Gasteiger partial charge is 0.133 e. The van der Waals surface area contributed by atoms with Crippen LogP contribution in [0, 0.1) is 0 Å². The molecule has 0 atom stereocenters. The molecule has 0 saturated heterocycles. The molecular formula is C14H17N3O. The molecule has 0 bridgehead atoms. The fourth-order valence-corrected chi connectivity index (χ4v) is 1.59. The zero-order valence-corrected chi connectivity index (χ0v) is 10.6. The van der Waals surface area contributed by atoms with Crippen LogP contribution in [0.4, 0.5) is 11.4 Å². The Balaban J connectivity index is 1.95. The minimum absolute atomic E-state index is 0.189. The van der Waals surface area contributed by atoms with Crippen LogP contribution in [0.5, 0.6) is 5.75 Å². The summed E-state index contributed by atoms with van der Waals surface area (Å²) in [5, 5.41) is 12.4. The second-order valence-corrected chi connectivity index (χ2v) is 4.30. The number of pyridine rings is 1. The molecule has 0 unspecified atom stereocenters. The second kappa shape index (κ2) is 5.40. The maximum Gasteiger partial charge on any atom is 0.133 e. The van der Waals surface area contributed by atoms with E-state index in [0.29, 0.717) is 6.54 Å². The van der Waals surface area contributed by atoms with Crippen molar-refractivity contribution in [1.29, 1.82) is 0 Å². The molecule has 0 fully saturated rings. The number of nitrogens with one attached hydrogen (secondary N) is 1. The maximum absolute atomic E-state index is 9.14. The van der Waals surface area contributed by atoms with Gasteiger partial charge in [-0.25, -0.2) is 0 Å². The topological polar surface area (TPSA) is 48.4 Å². The summed E-state index contributed by atoms with van der Waals surface area (Å²) in [6.45, 7) is 0.640. The Hall–Kier alpha value is -2.23. The van der Waals surface area contributed by atoms with E-state index in [0.717, 1.165) is 11.4 Å². The summed E-state index contributed by atoms with van der Waals surface area (Å²) in [5.74, 6) is 0.189. The number of aromatic nitrogens is 1. The fraction of sp³-hybridized carbons (Fsp3) is 0.214. The van der Waals surface area contributed by atoms with E-state index >= 15 is 0 Å². The minimum Gasteiger partial charge on any atom is -0.506 e. The summed E-state index contributed by atoms with van der Waals surface area (Å²) in [5.41, 5.74) is 3.11. The van der Waals surface area contributed by atoms with Crippen LogP contribution in [-0.2, 0) is 6.54 Å². The average Bonchev–Trinajstić information content (AvgIpc) is 2.38. The van der Waals surface area contributed by atoms with Gasteiger partial charge in [-0.3, -0.25) is 4.98 Å². The molecule has 18 heavy (non-hydrogen) atoms. The number of aromatic hydroxyl groups is 1. The van der Waals surface area contributed by atoms with Crippen molar-refractivity contribution >= 4 is 11.4 Å². The molecule has 1 aromatic heterocycles. The lowest BCUT2D eigenvalue weighted by atomic mass is 10.2. The van der Waals surface area contributed by atoms with Crippen LogP contribution in [0.2, 0.25) is 0 Å². The van der Waals surface area contributed by atoms with E-state index in [9.17, 15) is 0 Å². The van der Waals surface area contributed by atoms with Crippen molar-refractivity contribution in [3.63, 3.8) is 0 Å². The van der Waals surface area contributed by atoms with E-state index in [2.05, 4.69) is 27.3 Å². The van der Waals surface area contributed by atoms with Crippen LogP contribution in [0.1, 0.15) is 5.69 Å². The van der Waals surface area contributed by atoms with Crippen molar-refractivity contribution in [3.8, 4) is 5.75 Å². The monoisotopic (exact) mass is 243 g/mol. The highest BCUT2D eigenvalue weighted by molar-refractivity contribution is 5.54. The molecule has 0 saturated carbocycles. The highest BCUT2D eigenvalue weighted by atomic mass is 16.3. The van der Waals surface area contributed by atoms with E-state index in [1.54, 1.807) is 12.1 Å². The number of nitrogens with zero attached hydrogens (tertiary/aromatic N) is 2.